The highest BCUT2D eigenvalue weighted by Crippen LogP contribution is 2.22. The van der Waals surface area contributed by atoms with Crippen LogP contribution in [0, 0.1) is 3.57 Å². The van der Waals surface area contributed by atoms with Gasteiger partial charge in [-0.15, -0.1) is 0 Å². The SMILES string of the molecule is CN(C)CC=Cc1ccc(Oc2ccc(I)cc2)cc1. The smallest absolute Gasteiger partial charge is 0.127 e. The van der Waals surface area contributed by atoms with Gasteiger partial charge in [0.05, 0.1) is 0 Å². The van der Waals surface area contributed by atoms with Crippen LogP contribution in [0.15, 0.2) is 54.6 Å². The molecule has 0 spiro atoms. The van der Waals surface area contributed by atoms with Crippen LogP contribution < -0.4 is 4.74 Å². The molecule has 0 aliphatic heterocycles. The normalized spacial score (nSPS) is 11.2. The molecule has 0 saturated heterocycles. The lowest BCUT2D eigenvalue weighted by molar-refractivity contribution is 0.457. The van der Waals surface area contributed by atoms with E-state index in [9.17, 15) is 0 Å². The molecule has 0 aromatic heterocycles. The number of nitrogens with zero attached hydrogens (tertiary/aromatic N) is 1. The van der Waals surface area contributed by atoms with Gasteiger partial charge in [0, 0.05) is 10.1 Å². The van der Waals surface area contributed by atoms with Gasteiger partial charge in [-0.25, -0.2) is 0 Å². The topological polar surface area (TPSA) is 12.5 Å². The molecule has 2 rings (SSSR count). The molecule has 0 aliphatic rings. The van der Waals surface area contributed by atoms with Crippen molar-refractivity contribution in [2.24, 2.45) is 0 Å². The number of rotatable bonds is 5. The molecule has 2 aromatic rings. The number of halogens is 1. The summed E-state index contributed by atoms with van der Waals surface area (Å²) in [5, 5.41) is 0. The van der Waals surface area contributed by atoms with E-state index in [0.717, 1.165) is 18.0 Å². The van der Waals surface area contributed by atoms with E-state index >= 15 is 0 Å². The molecule has 2 aromatic carbocycles. The van der Waals surface area contributed by atoms with Crippen molar-refractivity contribution in [1.82, 2.24) is 4.90 Å². The maximum absolute atomic E-state index is 5.80. The van der Waals surface area contributed by atoms with E-state index in [1.165, 1.54) is 9.13 Å². The van der Waals surface area contributed by atoms with Gasteiger partial charge >= 0.3 is 0 Å². The molecular formula is C17H18INO. The third-order valence-electron chi connectivity index (χ3n) is 2.71. The molecule has 0 heterocycles. The Balaban J connectivity index is 1.97. The Bertz CT molecular complexity index is 559. The second-order valence-corrected chi connectivity index (χ2v) is 6.04. The van der Waals surface area contributed by atoms with Crippen LogP contribution in [0.3, 0.4) is 0 Å². The zero-order chi connectivity index (χ0) is 14.4. The van der Waals surface area contributed by atoms with Gasteiger partial charge in [-0.2, -0.15) is 0 Å². The van der Waals surface area contributed by atoms with Crippen molar-refractivity contribution in [3.05, 3.63) is 63.7 Å². The zero-order valence-electron chi connectivity index (χ0n) is 11.7. The lowest BCUT2D eigenvalue weighted by Gasteiger charge is -2.06. The van der Waals surface area contributed by atoms with Crippen molar-refractivity contribution in [2.75, 3.05) is 20.6 Å². The van der Waals surface area contributed by atoms with Gasteiger partial charge in [-0.3, -0.25) is 0 Å². The lowest BCUT2D eigenvalue weighted by atomic mass is 10.2. The largest absolute Gasteiger partial charge is 0.457 e. The van der Waals surface area contributed by atoms with Gasteiger partial charge in [0.15, 0.2) is 0 Å². The number of benzene rings is 2. The van der Waals surface area contributed by atoms with E-state index in [0.29, 0.717) is 0 Å². The van der Waals surface area contributed by atoms with Gasteiger partial charge in [0.1, 0.15) is 11.5 Å². The molecular weight excluding hydrogens is 361 g/mol. The summed E-state index contributed by atoms with van der Waals surface area (Å²) in [5.41, 5.74) is 1.18. The number of hydrogen-bond acceptors (Lipinski definition) is 2. The Morgan fingerprint density at radius 1 is 0.950 bits per heavy atom. The summed E-state index contributed by atoms with van der Waals surface area (Å²) in [4.78, 5) is 2.13. The van der Waals surface area contributed by atoms with Crippen molar-refractivity contribution in [2.45, 2.75) is 0 Å². The quantitative estimate of drug-likeness (QED) is 0.701. The second kappa shape index (κ2) is 7.45. The highest BCUT2D eigenvalue weighted by Gasteiger charge is 1.97. The van der Waals surface area contributed by atoms with E-state index in [1.54, 1.807) is 0 Å². The molecule has 0 unspecified atom stereocenters. The Morgan fingerprint density at radius 2 is 1.50 bits per heavy atom. The van der Waals surface area contributed by atoms with Crippen LogP contribution in [-0.4, -0.2) is 25.5 Å². The Morgan fingerprint density at radius 3 is 2.05 bits per heavy atom. The summed E-state index contributed by atoms with van der Waals surface area (Å²) in [6.07, 6.45) is 4.27. The van der Waals surface area contributed by atoms with E-state index in [2.05, 4.69) is 65.9 Å². The number of ether oxygens (including phenoxy) is 1. The molecule has 20 heavy (non-hydrogen) atoms. The van der Waals surface area contributed by atoms with Crippen molar-refractivity contribution in [1.29, 1.82) is 0 Å². The zero-order valence-corrected chi connectivity index (χ0v) is 13.9. The molecule has 104 valence electrons. The minimum absolute atomic E-state index is 0.857. The molecule has 3 heteroatoms. The van der Waals surface area contributed by atoms with E-state index in [1.807, 2.05) is 36.4 Å². The lowest BCUT2D eigenvalue weighted by Crippen LogP contribution is -2.10. The van der Waals surface area contributed by atoms with E-state index < -0.39 is 0 Å². The van der Waals surface area contributed by atoms with Crippen LogP contribution in [0.4, 0.5) is 0 Å². The summed E-state index contributed by atoms with van der Waals surface area (Å²) >= 11 is 2.28. The highest BCUT2D eigenvalue weighted by atomic mass is 127. The Hall–Kier alpha value is -1.33. The van der Waals surface area contributed by atoms with Gasteiger partial charge in [-0.05, 0) is 78.6 Å². The predicted molar refractivity (Wildman–Crippen MR) is 93.3 cm³/mol. The van der Waals surface area contributed by atoms with E-state index in [4.69, 9.17) is 4.74 Å². The first-order valence-electron chi connectivity index (χ1n) is 6.48. The van der Waals surface area contributed by atoms with Crippen LogP contribution in [0.5, 0.6) is 11.5 Å². The standard InChI is InChI=1S/C17H18INO/c1-19(2)13-3-4-14-5-9-16(10-6-14)20-17-11-7-15(18)8-12-17/h3-12H,13H2,1-2H3. The molecule has 0 atom stereocenters. The summed E-state index contributed by atoms with van der Waals surface area (Å²) in [6, 6.07) is 16.1. The molecule has 2 nitrogen and oxygen atoms in total. The van der Waals surface area contributed by atoms with Crippen LogP contribution in [0.2, 0.25) is 0 Å². The van der Waals surface area contributed by atoms with Gasteiger partial charge in [0.2, 0.25) is 0 Å². The monoisotopic (exact) mass is 379 g/mol. The van der Waals surface area contributed by atoms with Crippen LogP contribution in [0.25, 0.3) is 6.08 Å². The van der Waals surface area contributed by atoms with Crippen molar-refractivity contribution in [3.8, 4) is 11.5 Å². The Kier molecular flexibility index (Phi) is 5.61. The molecule has 0 amide bonds. The second-order valence-electron chi connectivity index (χ2n) is 4.79. The van der Waals surface area contributed by atoms with Crippen molar-refractivity contribution in [3.63, 3.8) is 0 Å². The van der Waals surface area contributed by atoms with Crippen molar-refractivity contribution >= 4 is 28.7 Å². The first kappa shape index (κ1) is 15.1. The first-order chi connectivity index (χ1) is 9.63. The van der Waals surface area contributed by atoms with Crippen LogP contribution in [0.1, 0.15) is 5.56 Å². The van der Waals surface area contributed by atoms with Gasteiger partial charge < -0.3 is 9.64 Å². The van der Waals surface area contributed by atoms with Gasteiger partial charge in [0.25, 0.3) is 0 Å². The molecule has 0 saturated carbocycles. The maximum Gasteiger partial charge on any atom is 0.127 e. The average molecular weight is 379 g/mol. The third-order valence-corrected chi connectivity index (χ3v) is 3.43. The van der Waals surface area contributed by atoms with Crippen molar-refractivity contribution < 1.29 is 4.74 Å². The summed E-state index contributed by atoms with van der Waals surface area (Å²) in [7, 11) is 4.12. The third kappa shape index (κ3) is 4.98. The Labute approximate surface area is 134 Å². The van der Waals surface area contributed by atoms with E-state index in [-0.39, 0.29) is 0 Å². The molecule has 0 fully saturated rings. The fourth-order valence-electron chi connectivity index (χ4n) is 1.69. The minimum atomic E-state index is 0.857. The summed E-state index contributed by atoms with van der Waals surface area (Å²) < 4.78 is 7.00. The molecule has 0 N–H and O–H groups in total. The van der Waals surface area contributed by atoms with Gasteiger partial charge in [-0.1, -0.05) is 24.3 Å². The molecule has 0 bridgehead atoms. The predicted octanol–water partition coefficient (Wildman–Crippen LogP) is 4.66. The summed E-state index contributed by atoms with van der Waals surface area (Å²) in [6.45, 7) is 0.945. The number of likely N-dealkylation sites (N-methyl/N-ethyl adjacent to an activating group) is 1. The highest BCUT2D eigenvalue weighted by molar-refractivity contribution is 14.1. The first-order valence-corrected chi connectivity index (χ1v) is 7.56. The fraction of sp³-hybridized carbons (Fsp3) is 0.176. The average Bonchev–Trinajstić information content (AvgIpc) is 2.43. The molecule has 0 aliphatic carbocycles. The minimum Gasteiger partial charge on any atom is -0.457 e. The van der Waals surface area contributed by atoms with Crippen LogP contribution >= 0.6 is 22.6 Å². The number of hydrogen-bond donors (Lipinski definition) is 0. The maximum atomic E-state index is 5.80. The van der Waals surface area contributed by atoms with Crippen LogP contribution in [-0.2, 0) is 0 Å². The fourth-order valence-corrected chi connectivity index (χ4v) is 2.04. The molecule has 0 radical (unpaired) electrons. The summed E-state index contributed by atoms with van der Waals surface area (Å²) in [5.74, 6) is 1.72.